The Labute approximate surface area is 134 Å². The van der Waals surface area contributed by atoms with Crippen LogP contribution in [0.15, 0.2) is 11.6 Å². The topological polar surface area (TPSA) is 37.3 Å². The van der Waals surface area contributed by atoms with Gasteiger partial charge in [-0.05, 0) is 73.5 Å². The van der Waals surface area contributed by atoms with E-state index in [-0.39, 0.29) is 5.41 Å². The van der Waals surface area contributed by atoms with Gasteiger partial charge in [0, 0.05) is 0 Å². The summed E-state index contributed by atoms with van der Waals surface area (Å²) < 4.78 is 0. The first kappa shape index (κ1) is 14.8. The Hall–Kier alpha value is -0.790. The van der Waals surface area contributed by atoms with E-state index in [2.05, 4.69) is 26.8 Å². The molecular weight excluding hydrogens is 272 g/mol. The number of rotatable bonds is 2. The molecule has 22 heavy (non-hydrogen) atoms. The first-order valence-corrected chi connectivity index (χ1v) is 9.22. The Kier molecular flexibility index (Phi) is 2.81. The molecule has 2 heteroatoms. The molecule has 0 aromatic rings. The summed E-state index contributed by atoms with van der Waals surface area (Å²) in [6.45, 7) is 9.10. The average Bonchev–Trinajstić information content (AvgIpc) is 2.42. The summed E-state index contributed by atoms with van der Waals surface area (Å²) in [7, 11) is 0. The van der Waals surface area contributed by atoms with Crippen LogP contribution in [-0.2, 0) is 4.79 Å². The Morgan fingerprint density at radius 2 is 1.95 bits per heavy atom. The zero-order chi connectivity index (χ0) is 15.9. The molecule has 0 aliphatic heterocycles. The first-order valence-electron chi connectivity index (χ1n) is 9.22. The number of fused-ring (bicyclic) bond motifs is 2. The monoisotopic (exact) mass is 302 g/mol. The Morgan fingerprint density at radius 3 is 2.55 bits per heavy atom. The van der Waals surface area contributed by atoms with Crippen molar-refractivity contribution in [2.45, 2.75) is 66.2 Å². The van der Waals surface area contributed by atoms with E-state index in [4.69, 9.17) is 0 Å². The normalized spacial score (nSPS) is 52.6. The highest BCUT2D eigenvalue weighted by atomic mass is 16.4. The van der Waals surface area contributed by atoms with Crippen LogP contribution in [0.4, 0.5) is 0 Å². The van der Waals surface area contributed by atoms with Gasteiger partial charge in [0.25, 0.3) is 0 Å². The minimum absolute atomic E-state index is 0.249. The van der Waals surface area contributed by atoms with Gasteiger partial charge in [0.1, 0.15) is 0 Å². The smallest absolute Gasteiger partial charge is 0.309 e. The SMILES string of the molecule is CC(C)C1=C[C@]23CC[C@@H]4[C@](C)(CCC[C@@]4(C)C(=O)O)[C@H]2C[C@H]13. The third-order valence-electron chi connectivity index (χ3n) is 8.40. The predicted octanol–water partition coefficient (Wildman–Crippen LogP) is 4.90. The minimum Gasteiger partial charge on any atom is -0.481 e. The molecule has 0 saturated heterocycles. The molecule has 0 aromatic heterocycles. The van der Waals surface area contributed by atoms with E-state index < -0.39 is 11.4 Å². The number of carboxylic acids is 1. The number of carbonyl (C=O) groups is 1. The van der Waals surface area contributed by atoms with Gasteiger partial charge in [-0.25, -0.2) is 0 Å². The quantitative estimate of drug-likeness (QED) is 0.737. The molecule has 4 rings (SSSR count). The summed E-state index contributed by atoms with van der Waals surface area (Å²) in [5.74, 6) is 2.08. The van der Waals surface area contributed by atoms with Gasteiger partial charge in [0.05, 0.1) is 5.41 Å². The van der Waals surface area contributed by atoms with Crippen LogP contribution in [0.2, 0.25) is 0 Å². The summed E-state index contributed by atoms with van der Waals surface area (Å²) >= 11 is 0. The standard InChI is InChI=1S/C20H30O2/c1-12(2)13-11-20-9-6-15-18(3,16(20)10-14(13)20)7-5-8-19(15,4)17(21)22/h11-12,14-16H,5-10H2,1-4H3,(H,21,22)/t14-,15-,16-,18+,19-,20+/m1/s1. The number of hydrogen-bond donors (Lipinski definition) is 1. The zero-order valence-corrected chi connectivity index (χ0v) is 14.5. The fourth-order valence-corrected chi connectivity index (χ4v) is 7.22. The fraction of sp³-hybridized carbons (Fsp3) is 0.850. The van der Waals surface area contributed by atoms with Gasteiger partial charge in [-0.2, -0.15) is 0 Å². The Balaban J connectivity index is 1.68. The molecule has 3 fully saturated rings. The van der Waals surface area contributed by atoms with Crippen molar-refractivity contribution in [2.24, 2.45) is 39.9 Å². The Bertz CT molecular complexity index is 562. The van der Waals surface area contributed by atoms with E-state index in [9.17, 15) is 9.90 Å². The van der Waals surface area contributed by atoms with E-state index in [0.29, 0.717) is 17.3 Å². The first-order chi connectivity index (χ1) is 10.3. The van der Waals surface area contributed by atoms with Gasteiger partial charge in [0.15, 0.2) is 0 Å². The second kappa shape index (κ2) is 4.19. The zero-order valence-electron chi connectivity index (χ0n) is 14.5. The van der Waals surface area contributed by atoms with Crippen molar-refractivity contribution < 1.29 is 9.90 Å². The van der Waals surface area contributed by atoms with Crippen molar-refractivity contribution in [1.29, 1.82) is 0 Å². The molecule has 4 aliphatic rings. The van der Waals surface area contributed by atoms with Gasteiger partial charge >= 0.3 is 5.97 Å². The second-order valence-corrected chi connectivity index (χ2v) is 9.43. The lowest BCUT2D eigenvalue weighted by Gasteiger charge is -2.74. The van der Waals surface area contributed by atoms with E-state index in [1.165, 1.54) is 19.3 Å². The molecule has 0 unspecified atom stereocenters. The molecule has 4 aliphatic carbocycles. The van der Waals surface area contributed by atoms with E-state index in [1.54, 1.807) is 5.57 Å². The average molecular weight is 302 g/mol. The highest BCUT2D eigenvalue weighted by molar-refractivity contribution is 5.75. The van der Waals surface area contributed by atoms with Crippen LogP contribution >= 0.6 is 0 Å². The van der Waals surface area contributed by atoms with E-state index in [1.807, 2.05) is 6.92 Å². The molecule has 2 nitrogen and oxygen atoms in total. The molecule has 6 atom stereocenters. The van der Waals surface area contributed by atoms with Gasteiger partial charge < -0.3 is 5.11 Å². The predicted molar refractivity (Wildman–Crippen MR) is 87.4 cm³/mol. The van der Waals surface area contributed by atoms with Crippen molar-refractivity contribution in [3.05, 3.63) is 11.6 Å². The lowest BCUT2D eigenvalue weighted by Crippen LogP contribution is -2.67. The van der Waals surface area contributed by atoms with Gasteiger partial charge in [-0.15, -0.1) is 0 Å². The molecule has 3 saturated carbocycles. The molecule has 0 aromatic carbocycles. The molecule has 1 N–H and O–H groups in total. The number of carboxylic acid groups (broad SMARTS) is 1. The maximum absolute atomic E-state index is 12.0. The minimum atomic E-state index is -0.553. The van der Waals surface area contributed by atoms with Crippen LogP contribution in [0.25, 0.3) is 0 Å². The third kappa shape index (κ3) is 1.45. The van der Waals surface area contributed by atoms with E-state index in [0.717, 1.165) is 31.1 Å². The maximum atomic E-state index is 12.0. The van der Waals surface area contributed by atoms with Crippen LogP contribution in [0.3, 0.4) is 0 Å². The summed E-state index contributed by atoms with van der Waals surface area (Å²) in [6, 6.07) is 0. The largest absolute Gasteiger partial charge is 0.481 e. The molecule has 122 valence electrons. The van der Waals surface area contributed by atoms with Crippen LogP contribution in [0.1, 0.15) is 66.2 Å². The summed E-state index contributed by atoms with van der Waals surface area (Å²) in [4.78, 5) is 12.0. The summed E-state index contributed by atoms with van der Waals surface area (Å²) in [6.07, 6.45) is 9.50. The third-order valence-corrected chi connectivity index (χ3v) is 8.40. The molecule has 1 spiro atoms. The molecule has 0 amide bonds. The van der Waals surface area contributed by atoms with Crippen LogP contribution in [0.5, 0.6) is 0 Å². The molecule has 0 heterocycles. The van der Waals surface area contributed by atoms with Crippen LogP contribution < -0.4 is 0 Å². The highest BCUT2D eigenvalue weighted by Crippen LogP contribution is 2.77. The van der Waals surface area contributed by atoms with Crippen LogP contribution in [0, 0.1) is 39.9 Å². The fourth-order valence-electron chi connectivity index (χ4n) is 7.22. The number of allylic oxidation sites excluding steroid dienone is 2. The lowest BCUT2D eigenvalue weighted by molar-refractivity contribution is -0.211. The van der Waals surface area contributed by atoms with Crippen molar-refractivity contribution in [3.63, 3.8) is 0 Å². The maximum Gasteiger partial charge on any atom is 0.309 e. The van der Waals surface area contributed by atoms with Crippen molar-refractivity contribution in [2.75, 3.05) is 0 Å². The molecule has 0 radical (unpaired) electrons. The van der Waals surface area contributed by atoms with Crippen molar-refractivity contribution in [3.8, 4) is 0 Å². The number of hydrogen-bond acceptors (Lipinski definition) is 1. The van der Waals surface area contributed by atoms with Gasteiger partial charge in [-0.3, -0.25) is 4.79 Å². The summed E-state index contributed by atoms with van der Waals surface area (Å²) in [5, 5.41) is 9.85. The number of aliphatic carboxylic acids is 1. The van der Waals surface area contributed by atoms with E-state index >= 15 is 0 Å². The lowest BCUT2D eigenvalue weighted by atomic mass is 9.30. The van der Waals surface area contributed by atoms with Crippen molar-refractivity contribution >= 4 is 5.97 Å². The molecular formula is C20H30O2. The molecule has 0 bridgehead atoms. The summed E-state index contributed by atoms with van der Waals surface area (Å²) in [5.41, 5.74) is 1.91. The second-order valence-electron chi connectivity index (χ2n) is 9.43. The van der Waals surface area contributed by atoms with Gasteiger partial charge in [-0.1, -0.05) is 38.8 Å². The van der Waals surface area contributed by atoms with Crippen molar-refractivity contribution in [1.82, 2.24) is 0 Å². The highest BCUT2D eigenvalue weighted by Gasteiger charge is 2.71. The van der Waals surface area contributed by atoms with Crippen LogP contribution in [-0.4, -0.2) is 11.1 Å². The van der Waals surface area contributed by atoms with Gasteiger partial charge in [0.2, 0.25) is 0 Å². The Morgan fingerprint density at radius 1 is 1.23 bits per heavy atom.